The number of nitrogens with zero attached hydrogens (tertiary/aromatic N) is 1. The van der Waals surface area contributed by atoms with Crippen molar-refractivity contribution < 1.29 is 0 Å². The Balaban J connectivity index is 1.55. The molecule has 0 saturated carbocycles. The van der Waals surface area contributed by atoms with Crippen LogP contribution in [0.5, 0.6) is 0 Å². The summed E-state index contributed by atoms with van der Waals surface area (Å²) >= 11 is 0. The summed E-state index contributed by atoms with van der Waals surface area (Å²) in [6.45, 7) is 0.984. The van der Waals surface area contributed by atoms with Crippen LogP contribution < -0.4 is 10.4 Å². The van der Waals surface area contributed by atoms with E-state index in [0.29, 0.717) is 6.04 Å². The standard InChI is InChI=1S/C26H19N/c1-2-6-18(7-3-1)20-11-13-22-17-27-16-21-12-10-19-8-4-5-9-23(19)24(21)15-26(27)25(22)14-20/h1-16,26H,17H2. The third-order valence-electron chi connectivity index (χ3n) is 5.92. The third kappa shape index (κ3) is 2.25. The molecule has 0 aromatic heterocycles. The zero-order chi connectivity index (χ0) is 17.8. The molecule has 2 aliphatic rings. The zero-order valence-electron chi connectivity index (χ0n) is 15.0. The minimum Gasteiger partial charge on any atom is -0.362 e. The molecule has 1 nitrogen and oxygen atoms in total. The maximum absolute atomic E-state index is 2.47. The summed E-state index contributed by atoms with van der Waals surface area (Å²) in [6.07, 6.45) is 4.80. The molecule has 0 amide bonds. The fraction of sp³-hybridized carbons (Fsp3) is 0.0769. The van der Waals surface area contributed by atoms with Gasteiger partial charge in [-0.3, -0.25) is 0 Å². The van der Waals surface area contributed by atoms with Gasteiger partial charge >= 0.3 is 0 Å². The number of benzene rings is 4. The van der Waals surface area contributed by atoms with Gasteiger partial charge in [0.05, 0.1) is 6.04 Å². The molecule has 4 aromatic carbocycles. The van der Waals surface area contributed by atoms with Crippen molar-refractivity contribution in [2.45, 2.75) is 12.6 Å². The molecule has 0 aliphatic carbocycles. The summed E-state index contributed by atoms with van der Waals surface area (Å²) in [4.78, 5) is 2.47. The molecule has 4 aromatic rings. The topological polar surface area (TPSA) is 3.24 Å². The van der Waals surface area contributed by atoms with Crippen LogP contribution in [0.25, 0.3) is 34.2 Å². The van der Waals surface area contributed by atoms with E-state index in [1.165, 1.54) is 43.5 Å². The van der Waals surface area contributed by atoms with Crippen LogP contribution in [0.4, 0.5) is 0 Å². The molecule has 0 radical (unpaired) electrons. The van der Waals surface area contributed by atoms with Crippen LogP contribution in [0.3, 0.4) is 0 Å². The highest BCUT2D eigenvalue weighted by Crippen LogP contribution is 2.38. The van der Waals surface area contributed by atoms with E-state index in [1.54, 1.807) is 0 Å². The maximum Gasteiger partial charge on any atom is 0.0737 e. The van der Waals surface area contributed by atoms with Gasteiger partial charge in [-0.15, -0.1) is 0 Å². The summed E-state index contributed by atoms with van der Waals surface area (Å²) in [5.41, 5.74) is 5.45. The predicted molar refractivity (Wildman–Crippen MR) is 112 cm³/mol. The van der Waals surface area contributed by atoms with Crippen molar-refractivity contribution in [2.24, 2.45) is 0 Å². The Kier molecular flexibility index (Phi) is 3.06. The van der Waals surface area contributed by atoms with Gasteiger partial charge in [-0.2, -0.15) is 0 Å². The summed E-state index contributed by atoms with van der Waals surface area (Å²) in [7, 11) is 0. The lowest BCUT2D eigenvalue weighted by Gasteiger charge is -2.24. The lowest BCUT2D eigenvalue weighted by Crippen LogP contribution is -2.35. The van der Waals surface area contributed by atoms with Gasteiger partial charge in [0.25, 0.3) is 0 Å². The van der Waals surface area contributed by atoms with Crippen molar-refractivity contribution in [3.8, 4) is 11.1 Å². The normalized spacial score (nSPS) is 16.9. The minimum absolute atomic E-state index is 0.321. The molecule has 0 spiro atoms. The van der Waals surface area contributed by atoms with Gasteiger partial charge in [0.1, 0.15) is 0 Å². The molecule has 2 aliphatic heterocycles. The second-order valence-corrected chi connectivity index (χ2v) is 7.48. The van der Waals surface area contributed by atoms with Gasteiger partial charge in [0.2, 0.25) is 0 Å². The first-order chi connectivity index (χ1) is 13.4. The second kappa shape index (κ2) is 5.59. The second-order valence-electron chi connectivity index (χ2n) is 7.48. The first-order valence-corrected chi connectivity index (χ1v) is 9.52. The van der Waals surface area contributed by atoms with E-state index in [-0.39, 0.29) is 0 Å². The van der Waals surface area contributed by atoms with Crippen molar-refractivity contribution in [1.29, 1.82) is 0 Å². The van der Waals surface area contributed by atoms with Crippen molar-refractivity contribution in [3.05, 3.63) is 106 Å². The van der Waals surface area contributed by atoms with Gasteiger partial charge < -0.3 is 4.90 Å². The van der Waals surface area contributed by atoms with Crippen LogP contribution in [0.1, 0.15) is 17.2 Å². The van der Waals surface area contributed by atoms with Crippen LogP contribution in [0.15, 0.2) is 84.9 Å². The summed E-state index contributed by atoms with van der Waals surface area (Å²) in [5.74, 6) is 0. The number of hydrogen-bond acceptors (Lipinski definition) is 1. The van der Waals surface area contributed by atoms with Crippen LogP contribution in [-0.4, -0.2) is 4.90 Å². The first-order valence-electron chi connectivity index (χ1n) is 9.52. The average molecular weight is 345 g/mol. The predicted octanol–water partition coefficient (Wildman–Crippen LogP) is 4.60. The SMILES string of the molecule is C1=c2ccc3ccccc3c2=CC2c3cc(-c4ccccc4)ccc3CN12. The Labute approximate surface area is 158 Å². The molecule has 1 unspecified atom stereocenters. The zero-order valence-corrected chi connectivity index (χ0v) is 15.0. The number of hydrogen-bond donors (Lipinski definition) is 0. The summed E-state index contributed by atoms with van der Waals surface area (Å²) in [5, 5.41) is 5.34. The van der Waals surface area contributed by atoms with E-state index in [9.17, 15) is 0 Å². The maximum atomic E-state index is 2.47. The fourth-order valence-corrected chi connectivity index (χ4v) is 4.56. The number of rotatable bonds is 1. The Morgan fingerprint density at radius 3 is 2.52 bits per heavy atom. The summed E-state index contributed by atoms with van der Waals surface area (Å²) < 4.78 is 0. The van der Waals surface area contributed by atoms with Gasteiger partial charge in [0.15, 0.2) is 0 Å². The van der Waals surface area contributed by atoms with Crippen molar-refractivity contribution in [2.75, 3.05) is 0 Å². The highest BCUT2D eigenvalue weighted by atomic mass is 15.2. The summed E-state index contributed by atoms with van der Waals surface area (Å²) in [6, 6.07) is 31.1. The van der Waals surface area contributed by atoms with E-state index in [0.717, 1.165) is 6.54 Å². The van der Waals surface area contributed by atoms with Crippen molar-refractivity contribution >= 4 is 23.0 Å². The van der Waals surface area contributed by atoms with E-state index >= 15 is 0 Å². The monoisotopic (exact) mass is 345 g/mol. The van der Waals surface area contributed by atoms with Gasteiger partial charge in [-0.1, -0.05) is 78.9 Å². The molecule has 128 valence electrons. The molecule has 0 saturated heterocycles. The van der Waals surface area contributed by atoms with Gasteiger partial charge in [-0.05, 0) is 55.6 Å². The minimum atomic E-state index is 0.321. The van der Waals surface area contributed by atoms with Gasteiger partial charge in [0, 0.05) is 12.7 Å². The van der Waals surface area contributed by atoms with E-state index in [2.05, 4.69) is 102 Å². The van der Waals surface area contributed by atoms with Crippen molar-refractivity contribution in [3.63, 3.8) is 0 Å². The molecule has 0 N–H and O–H groups in total. The smallest absolute Gasteiger partial charge is 0.0737 e. The number of fused-ring (bicyclic) bond motifs is 6. The molecule has 27 heavy (non-hydrogen) atoms. The van der Waals surface area contributed by atoms with E-state index < -0.39 is 0 Å². The van der Waals surface area contributed by atoms with Crippen LogP contribution in [0, 0.1) is 0 Å². The highest BCUT2D eigenvalue weighted by molar-refractivity contribution is 5.84. The van der Waals surface area contributed by atoms with Crippen LogP contribution in [0.2, 0.25) is 0 Å². The molecular formula is C26H19N. The molecular weight excluding hydrogens is 326 g/mol. The van der Waals surface area contributed by atoms with Gasteiger partial charge in [-0.25, -0.2) is 0 Å². The molecule has 0 bridgehead atoms. The average Bonchev–Trinajstić information content (AvgIpc) is 3.09. The lowest BCUT2D eigenvalue weighted by atomic mass is 9.95. The Morgan fingerprint density at radius 2 is 1.59 bits per heavy atom. The third-order valence-corrected chi connectivity index (χ3v) is 5.92. The molecule has 1 atom stereocenters. The fourth-order valence-electron chi connectivity index (χ4n) is 4.56. The van der Waals surface area contributed by atoms with E-state index in [1.807, 2.05) is 0 Å². The lowest BCUT2D eigenvalue weighted by molar-refractivity contribution is 0.401. The largest absolute Gasteiger partial charge is 0.362 e. The quantitative estimate of drug-likeness (QED) is 0.487. The highest BCUT2D eigenvalue weighted by Gasteiger charge is 2.28. The molecule has 1 heteroatoms. The van der Waals surface area contributed by atoms with Crippen molar-refractivity contribution in [1.82, 2.24) is 4.90 Å². The molecule has 6 rings (SSSR count). The first kappa shape index (κ1) is 14.8. The Bertz CT molecular complexity index is 1300. The molecule has 2 heterocycles. The molecule has 0 fully saturated rings. The van der Waals surface area contributed by atoms with Crippen LogP contribution in [-0.2, 0) is 6.54 Å². The Hall–Kier alpha value is -3.32. The Morgan fingerprint density at radius 1 is 0.741 bits per heavy atom. The van der Waals surface area contributed by atoms with Crippen LogP contribution >= 0.6 is 0 Å². The van der Waals surface area contributed by atoms with E-state index in [4.69, 9.17) is 0 Å².